The Morgan fingerprint density at radius 2 is 1.81 bits per heavy atom. The fraction of sp³-hybridized carbons (Fsp3) is 0.133. The van der Waals surface area contributed by atoms with E-state index < -0.39 is 0 Å². The molecule has 0 aliphatic rings. The molecule has 0 saturated carbocycles. The maximum Gasteiger partial charge on any atom is 0.171 e. The van der Waals surface area contributed by atoms with Gasteiger partial charge in [-0.25, -0.2) is 0 Å². The van der Waals surface area contributed by atoms with Gasteiger partial charge >= 0.3 is 0 Å². The Morgan fingerprint density at radius 1 is 1.19 bits per heavy atom. The molecule has 0 fully saturated rings. The van der Waals surface area contributed by atoms with Crippen LogP contribution in [0.5, 0.6) is 5.75 Å². The number of hydrogen-bond acceptors (Lipinski definition) is 2. The Balaban J connectivity index is 1.98. The number of rotatable bonds is 3. The first-order valence-corrected chi connectivity index (χ1v) is 7.41. The monoisotopic (exact) mass is 340 g/mol. The first-order chi connectivity index (χ1) is 9.97. The number of benzene rings is 2. The molecule has 2 rings (SSSR count). The molecule has 0 radical (unpaired) electrons. The van der Waals surface area contributed by atoms with Gasteiger partial charge in [0.25, 0.3) is 0 Å². The van der Waals surface area contributed by atoms with Gasteiger partial charge in [0.05, 0.1) is 10.0 Å². The highest BCUT2D eigenvalue weighted by molar-refractivity contribution is 7.80. The van der Waals surface area contributed by atoms with Gasteiger partial charge in [-0.15, -0.1) is 0 Å². The average Bonchev–Trinajstić information content (AvgIpc) is 2.44. The lowest BCUT2D eigenvalue weighted by Gasteiger charge is -2.13. The van der Waals surface area contributed by atoms with Crippen molar-refractivity contribution in [3.8, 4) is 5.75 Å². The van der Waals surface area contributed by atoms with Crippen LogP contribution in [0.4, 0.5) is 5.69 Å². The minimum Gasteiger partial charge on any atom is -0.505 e. The number of phenolic OH excluding ortho intramolecular Hbond substituents is 1. The minimum atomic E-state index is -0.136. The number of thiocarbonyl (C=S) groups is 1. The van der Waals surface area contributed by atoms with Crippen LogP contribution >= 0.6 is 35.4 Å². The van der Waals surface area contributed by atoms with Crippen LogP contribution in [0.25, 0.3) is 0 Å². The van der Waals surface area contributed by atoms with Crippen molar-refractivity contribution < 1.29 is 5.11 Å². The molecular weight excluding hydrogens is 327 g/mol. The quantitative estimate of drug-likeness (QED) is 0.568. The van der Waals surface area contributed by atoms with Crippen LogP contribution in [-0.4, -0.2) is 10.2 Å². The summed E-state index contributed by atoms with van der Waals surface area (Å²) in [5.74, 6) is -0.136. The smallest absolute Gasteiger partial charge is 0.171 e. The van der Waals surface area contributed by atoms with Crippen molar-refractivity contribution in [1.29, 1.82) is 0 Å². The first-order valence-electron chi connectivity index (χ1n) is 6.24. The number of halogens is 2. The van der Waals surface area contributed by atoms with Gasteiger partial charge < -0.3 is 15.7 Å². The fourth-order valence-electron chi connectivity index (χ4n) is 1.80. The van der Waals surface area contributed by atoms with E-state index in [0.29, 0.717) is 17.3 Å². The largest absolute Gasteiger partial charge is 0.505 e. The molecule has 0 aromatic heterocycles. The standard InChI is InChI=1S/C15H14Cl2N2OS/c1-9-4-2-3-5-10(9)8-18-15(21)19-11-6-12(16)14(20)13(17)7-11/h2-7,20H,8H2,1H3,(H2,18,19,21). The highest BCUT2D eigenvalue weighted by atomic mass is 35.5. The summed E-state index contributed by atoms with van der Waals surface area (Å²) in [5, 5.41) is 16.4. The van der Waals surface area contributed by atoms with Gasteiger partial charge in [0.1, 0.15) is 0 Å². The molecule has 2 aromatic rings. The van der Waals surface area contributed by atoms with Crippen LogP contribution < -0.4 is 10.6 Å². The van der Waals surface area contributed by atoms with Crippen molar-refractivity contribution in [3.05, 3.63) is 57.6 Å². The van der Waals surface area contributed by atoms with Crippen molar-refractivity contribution in [3.63, 3.8) is 0 Å². The second kappa shape index (κ2) is 6.98. The molecule has 0 bridgehead atoms. The molecule has 0 unspecified atom stereocenters. The number of nitrogens with one attached hydrogen (secondary N) is 2. The summed E-state index contributed by atoms with van der Waals surface area (Å²) < 4.78 is 0. The molecule has 21 heavy (non-hydrogen) atoms. The zero-order chi connectivity index (χ0) is 15.4. The number of aryl methyl sites for hydroxylation is 1. The van der Waals surface area contributed by atoms with E-state index in [1.807, 2.05) is 31.2 Å². The summed E-state index contributed by atoms with van der Waals surface area (Å²) in [6.45, 7) is 2.67. The van der Waals surface area contributed by atoms with Gasteiger partial charge in [-0.1, -0.05) is 47.5 Å². The third kappa shape index (κ3) is 4.24. The molecule has 110 valence electrons. The number of phenols is 1. The van der Waals surface area contributed by atoms with Crippen molar-refractivity contribution in [2.75, 3.05) is 5.32 Å². The molecule has 0 aliphatic heterocycles. The van der Waals surface area contributed by atoms with E-state index >= 15 is 0 Å². The van der Waals surface area contributed by atoms with Crippen molar-refractivity contribution in [2.24, 2.45) is 0 Å². The highest BCUT2D eigenvalue weighted by Gasteiger charge is 2.07. The lowest BCUT2D eigenvalue weighted by molar-refractivity contribution is 0.476. The lowest BCUT2D eigenvalue weighted by Crippen LogP contribution is -2.28. The summed E-state index contributed by atoms with van der Waals surface area (Å²) in [4.78, 5) is 0. The molecular formula is C15H14Cl2N2OS. The Morgan fingerprint density at radius 3 is 2.43 bits per heavy atom. The molecule has 0 saturated heterocycles. The van der Waals surface area contributed by atoms with Gasteiger partial charge in [0.15, 0.2) is 10.9 Å². The van der Waals surface area contributed by atoms with E-state index in [-0.39, 0.29) is 15.8 Å². The average molecular weight is 341 g/mol. The van der Waals surface area contributed by atoms with Gasteiger partial charge in [-0.3, -0.25) is 0 Å². The minimum absolute atomic E-state index is 0.136. The third-order valence-corrected chi connectivity index (χ3v) is 3.80. The Labute approximate surface area is 138 Å². The summed E-state index contributed by atoms with van der Waals surface area (Å²) in [7, 11) is 0. The van der Waals surface area contributed by atoms with Gasteiger partial charge in [-0.2, -0.15) is 0 Å². The van der Waals surface area contributed by atoms with E-state index in [4.69, 9.17) is 35.4 Å². The van der Waals surface area contributed by atoms with E-state index in [1.165, 1.54) is 11.1 Å². The molecule has 0 spiro atoms. The second-order valence-corrected chi connectivity index (χ2v) is 5.75. The topological polar surface area (TPSA) is 44.3 Å². The van der Waals surface area contributed by atoms with Gasteiger partial charge in [-0.05, 0) is 42.4 Å². The molecule has 3 nitrogen and oxygen atoms in total. The molecule has 0 amide bonds. The van der Waals surface area contributed by atoms with E-state index in [0.717, 1.165) is 0 Å². The second-order valence-electron chi connectivity index (χ2n) is 4.52. The third-order valence-electron chi connectivity index (χ3n) is 2.98. The van der Waals surface area contributed by atoms with Crippen molar-refractivity contribution in [2.45, 2.75) is 13.5 Å². The molecule has 3 N–H and O–H groups in total. The van der Waals surface area contributed by atoms with Gasteiger partial charge in [0.2, 0.25) is 0 Å². The van der Waals surface area contributed by atoms with E-state index in [1.54, 1.807) is 12.1 Å². The zero-order valence-electron chi connectivity index (χ0n) is 11.3. The molecule has 0 atom stereocenters. The molecule has 6 heteroatoms. The summed E-state index contributed by atoms with van der Waals surface area (Å²) in [6.07, 6.45) is 0. The predicted molar refractivity (Wildman–Crippen MR) is 92.4 cm³/mol. The number of anilines is 1. The zero-order valence-corrected chi connectivity index (χ0v) is 13.6. The Kier molecular flexibility index (Phi) is 5.28. The predicted octanol–water partition coefficient (Wildman–Crippen LogP) is 4.49. The molecule has 0 heterocycles. The summed E-state index contributed by atoms with van der Waals surface area (Å²) in [6, 6.07) is 11.2. The molecule has 0 aliphatic carbocycles. The van der Waals surface area contributed by atoms with Crippen LogP contribution in [0.3, 0.4) is 0 Å². The normalized spacial score (nSPS) is 10.2. The van der Waals surface area contributed by atoms with Crippen molar-refractivity contribution >= 4 is 46.2 Å². The Hall–Kier alpha value is -1.49. The SMILES string of the molecule is Cc1ccccc1CNC(=S)Nc1cc(Cl)c(O)c(Cl)c1. The van der Waals surface area contributed by atoms with Crippen LogP contribution in [0, 0.1) is 6.92 Å². The summed E-state index contributed by atoms with van der Waals surface area (Å²) in [5.41, 5.74) is 2.98. The Bertz CT molecular complexity index is 653. The maximum absolute atomic E-state index is 9.51. The molecule has 2 aromatic carbocycles. The van der Waals surface area contributed by atoms with Crippen LogP contribution in [0.1, 0.15) is 11.1 Å². The van der Waals surface area contributed by atoms with Gasteiger partial charge in [0, 0.05) is 12.2 Å². The van der Waals surface area contributed by atoms with E-state index in [9.17, 15) is 5.11 Å². The van der Waals surface area contributed by atoms with Crippen LogP contribution in [0.2, 0.25) is 10.0 Å². The lowest BCUT2D eigenvalue weighted by atomic mass is 10.1. The summed E-state index contributed by atoms with van der Waals surface area (Å²) >= 11 is 16.9. The maximum atomic E-state index is 9.51. The van der Waals surface area contributed by atoms with E-state index in [2.05, 4.69) is 10.6 Å². The highest BCUT2D eigenvalue weighted by Crippen LogP contribution is 2.34. The van der Waals surface area contributed by atoms with Crippen LogP contribution in [0.15, 0.2) is 36.4 Å². The van der Waals surface area contributed by atoms with Crippen molar-refractivity contribution in [1.82, 2.24) is 5.32 Å². The fourth-order valence-corrected chi connectivity index (χ4v) is 2.47. The number of hydrogen-bond donors (Lipinski definition) is 3. The first kappa shape index (κ1) is 15.9. The van der Waals surface area contributed by atoms with Crippen LogP contribution in [-0.2, 0) is 6.54 Å². The number of aromatic hydroxyl groups is 1.